The summed E-state index contributed by atoms with van der Waals surface area (Å²) < 4.78 is 0. The van der Waals surface area contributed by atoms with Crippen LogP contribution in [0.15, 0.2) is 24.3 Å². The number of benzene rings is 1. The lowest BCUT2D eigenvalue weighted by atomic mass is 10.3. The highest BCUT2D eigenvalue weighted by Gasteiger charge is 2.23. The van der Waals surface area contributed by atoms with Crippen molar-refractivity contribution in [3.05, 3.63) is 35.0 Å². The van der Waals surface area contributed by atoms with E-state index in [0.717, 1.165) is 26.2 Å². The number of para-hydroxylation sites is 1. The summed E-state index contributed by atoms with van der Waals surface area (Å²) in [6.07, 6.45) is 0. The van der Waals surface area contributed by atoms with Gasteiger partial charge >= 0.3 is 0 Å². The third-order valence-corrected chi connectivity index (χ3v) is 4.18. The minimum absolute atomic E-state index is 0.159. The van der Waals surface area contributed by atoms with E-state index < -0.39 is 0 Å². The minimum Gasteiger partial charge on any atom is -0.395 e. The quantitative estimate of drug-likeness (QED) is 0.896. The molecular formula is C15H17ClN6O. The average molecular weight is 333 g/mol. The summed E-state index contributed by atoms with van der Waals surface area (Å²) in [7, 11) is 0. The van der Waals surface area contributed by atoms with Crippen molar-refractivity contribution in [3.8, 4) is 11.8 Å². The Hall–Kier alpha value is -2.14. The van der Waals surface area contributed by atoms with Gasteiger partial charge in [0.1, 0.15) is 11.8 Å². The second kappa shape index (κ2) is 6.96. The Morgan fingerprint density at radius 1 is 1.17 bits per heavy atom. The van der Waals surface area contributed by atoms with E-state index in [0.29, 0.717) is 28.8 Å². The van der Waals surface area contributed by atoms with E-state index >= 15 is 0 Å². The predicted octanol–water partition coefficient (Wildman–Crippen LogP) is 0.907. The molecule has 0 unspecified atom stereocenters. The van der Waals surface area contributed by atoms with Gasteiger partial charge in [0.05, 0.1) is 11.6 Å². The van der Waals surface area contributed by atoms with Crippen molar-refractivity contribution in [1.29, 1.82) is 5.26 Å². The number of hydrogen-bond donors (Lipinski definition) is 1. The molecule has 8 heteroatoms. The van der Waals surface area contributed by atoms with Crippen LogP contribution in [0.1, 0.15) is 5.69 Å². The van der Waals surface area contributed by atoms with E-state index in [4.69, 9.17) is 16.7 Å². The first-order chi connectivity index (χ1) is 11.2. The Kier molecular flexibility index (Phi) is 4.76. The summed E-state index contributed by atoms with van der Waals surface area (Å²) in [4.78, 5) is 5.64. The lowest BCUT2D eigenvalue weighted by molar-refractivity contribution is 0.188. The number of rotatable bonds is 4. The van der Waals surface area contributed by atoms with E-state index in [2.05, 4.69) is 21.2 Å². The van der Waals surface area contributed by atoms with Gasteiger partial charge in [0.2, 0.25) is 5.69 Å². The smallest absolute Gasteiger partial charge is 0.207 e. The molecule has 0 bridgehead atoms. The molecule has 1 N–H and O–H groups in total. The van der Waals surface area contributed by atoms with Crippen molar-refractivity contribution in [2.75, 3.05) is 44.2 Å². The van der Waals surface area contributed by atoms with Crippen LogP contribution >= 0.6 is 11.6 Å². The van der Waals surface area contributed by atoms with Gasteiger partial charge in [0.15, 0.2) is 5.82 Å². The number of hydrogen-bond acceptors (Lipinski definition) is 6. The fraction of sp³-hybridized carbons (Fsp3) is 0.400. The van der Waals surface area contributed by atoms with Crippen LogP contribution in [0.2, 0.25) is 5.02 Å². The topological polar surface area (TPSA) is 81.2 Å². The van der Waals surface area contributed by atoms with Gasteiger partial charge in [-0.3, -0.25) is 4.90 Å². The fourth-order valence-electron chi connectivity index (χ4n) is 2.63. The number of nitrogens with zero attached hydrogens (tertiary/aromatic N) is 6. The number of β-amino-alcohol motifs (C(OH)–C–C–N with tert-alkyl or cyclic N) is 1. The van der Waals surface area contributed by atoms with E-state index in [-0.39, 0.29) is 6.61 Å². The van der Waals surface area contributed by atoms with Crippen molar-refractivity contribution in [2.24, 2.45) is 0 Å². The highest BCUT2D eigenvalue weighted by atomic mass is 35.5. The summed E-state index contributed by atoms with van der Waals surface area (Å²) in [5, 5.41) is 27.6. The third-order valence-electron chi connectivity index (χ3n) is 3.86. The van der Waals surface area contributed by atoms with Crippen LogP contribution in [0.5, 0.6) is 0 Å². The molecule has 23 heavy (non-hydrogen) atoms. The number of nitriles is 1. The zero-order chi connectivity index (χ0) is 16.2. The number of anilines is 1. The molecule has 120 valence electrons. The van der Waals surface area contributed by atoms with Gasteiger partial charge in [-0.25, -0.2) is 0 Å². The molecular weight excluding hydrogens is 316 g/mol. The number of piperazine rings is 1. The molecule has 0 atom stereocenters. The highest BCUT2D eigenvalue weighted by Crippen LogP contribution is 2.22. The molecule has 1 aromatic carbocycles. The van der Waals surface area contributed by atoms with Crippen LogP contribution in [0.3, 0.4) is 0 Å². The third kappa shape index (κ3) is 3.29. The van der Waals surface area contributed by atoms with Crippen LogP contribution in [0.25, 0.3) is 5.69 Å². The maximum atomic E-state index is 9.35. The van der Waals surface area contributed by atoms with Crippen LogP contribution in [0, 0.1) is 11.3 Å². The monoisotopic (exact) mass is 332 g/mol. The number of halogens is 1. The Balaban J connectivity index is 1.84. The standard InChI is InChI=1S/C15H17ClN6O/c16-12-3-1-2-4-14(12)22-18-13(11-17)15(19-22)21-7-5-20(6-8-21)9-10-23/h1-4,23H,5-10H2. The molecule has 1 aromatic heterocycles. The molecule has 0 spiro atoms. The molecule has 1 aliphatic rings. The van der Waals surface area contributed by atoms with Crippen molar-refractivity contribution >= 4 is 17.4 Å². The van der Waals surface area contributed by atoms with Gasteiger partial charge in [-0.05, 0) is 12.1 Å². The molecule has 0 aliphatic carbocycles. The second-order valence-corrected chi connectivity index (χ2v) is 5.68. The summed E-state index contributed by atoms with van der Waals surface area (Å²) in [5.41, 5.74) is 0.941. The first kappa shape index (κ1) is 15.7. The van der Waals surface area contributed by atoms with Crippen LogP contribution in [0.4, 0.5) is 5.82 Å². The Bertz CT molecular complexity index is 717. The largest absolute Gasteiger partial charge is 0.395 e. The van der Waals surface area contributed by atoms with E-state index in [9.17, 15) is 5.26 Å². The summed E-state index contributed by atoms with van der Waals surface area (Å²) in [6.45, 7) is 3.97. The molecule has 7 nitrogen and oxygen atoms in total. The van der Waals surface area contributed by atoms with E-state index in [1.807, 2.05) is 23.1 Å². The maximum Gasteiger partial charge on any atom is 0.207 e. The molecule has 1 fully saturated rings. The Labute approximate surface area is 139 Å². The van der Waals surface area contributed by atoms with Crippen molar-refractivity contribution in [2.45, 2.75) is 0 Å². The summed E-state index contributed by atoms with van der Waals surface area (Å²) >= 11 is 6.18. The lowest BCUT2D eigenvalue weighted by Crippen LogP contribution is -2.47. The molecule has 0 amide bonds. The average Bonchev–Trinajstić information content (AvgIpc) is 3.00. The number of aromatic nitrogens is 3. The van der Waals surface area contributed by atoms with Gasteiger partial charge in [-0.2, -0.15) is 5.26 Å². The fourth-order valence-corrected chi connectivity index (χ4v) is 2.84. The molecule has 2 heterocycles. The molecule has 1 saturated heterocycles. The molecule has 2 aromatic rings. The maximum absolute atomic E-state index is 9.35. The normalized spacial score (nSPS) is 15.6. The molecule has 1 aliphatic heterocycles. The van der Waals surface area contributed by atoms with Gasteiger partial charge in [-0.15, -0.1) is 15.0 Å². The number of aliphatic hydroxyl groups is 1. The highest BCUT2D eigenvalue weighted by molar-refractivity contribution is 6.32. The zero-order valence-corrected chi connectivity index (χ0v) is 13.3. The van der Waals surface area contributed by atoms with Gasteiger partial charge < -0.3 is 10.0 Å². The molecule has 3 rings (SSSR count). The summed E-state index contributed by atoms with van der Waals surface area (Å²) in [5.74, 6) is 0.580. The Morgan fingerprint density at radius 2 is 1.91 bits per heavy atom. The Morgan fingerprint density at radius 3 is 2.57 bits per heavy atom. The van der Waals surface area contributed by atoms with Gasteiger partial charge in [0.25, 0.3) is 0 Å². The van der Waals surface area contributed by atoms with Crippen molar-refractivity contribution in [3.63, 3.8) is 0 Å². The lowest BCUT2D eigenvalue weighted by Gasteiger charge is -2.34. The van der Waals surface area contributed by atoms with Crippen LogP contribution in [-0.4, -0.2) is 64.3 Å². The predicted molar refractivity (Wildman–Crippen MR) is 86.8 cm³/mol. The van der Waals surface area contributed by atoms with E-state index in [1.54, 1.807) is 6.07 Å². The summed E-state index contributed by atoms with van der Waals surface area (Å²) in [6, 6.07) is 9.37. The molecule has 0 radical (unpaired) electrons. The zero-order valence-electron chi connectivity index (χ0n) is 12.6. The number of aliphatic hydroxyl groups excluding tert-OH is 1. The van der Waals surface area contributed by atoms with Crippen LogP contribution in [-0.2, 0) is 0 Å². The van der Waals surface area contributed by atoms with Gasteiger partial charge in [0, 0.05) is 32.7 Å². The van der Waals surface area contributed by atoms with Crippen LogP contribution < -0.4 is 4.90 Å². The second-order valence-electron chi connectivity index (χ2n) is 5.28. The van der Waals surface area contributed by atoms with Crippen molar-refractivity contribution in [1.82, 2.24) is 19.9 Å². The minimum atomic E-state index is 0.159. The first-order valence-corrected chi connectivity index (χ1v) is 7.81. The van der Waals surface area contributed by atoms with E-state index in [1.165, 1.54) is 4.80 Å². The molecule has 0 saturated carbocycles. The SMILES string of the molecule is N#Cc1nn(-c2ccccc2Cl)nc1N1CCN(CCO)CC1. The van der Waals surface area contributed by atoms with Gasteiger partial charge in [-0.1, -0.05) is 23.7 Å². The van der Waals surface area contributed by atoms with Crippen molar-refractivity contribution < 1.29 is 5.11 Å². The first-order valence-electron chi connectivity index (χ1n) is 7.43.